The van der Waals surface area contributed by atoms with Crippen LogP contribution in [0.3, 0.4) is 0 Å². The number of carbonyl (C=O) groups excluding carboxylic acids is 1. The number of nitrogens with one attached hydrogen (secondary N) is 1. The smallest absolute Gasteiger partial charge is 0.275 e. The number of nitrogens with zero attached hydrogens (tertiary/aromatic N) is 1. The molecule has 0 atom stereocenters. The molecular formula is C16H16N2O2. The molecule has 2 aromatic rings. The summed E-state index contributed by atoms with van der Waals surface area (Å²) in [5.74, 6) is -0.503. The predicted molar refractivity (Wildman–Crippen MR) is 79.1 cm³/mol. The van der Waals surface area contributed by atoms with Crippen LogP contribution in [-0.4, -0.2) is 17.2 Å². The lowest BCUT2D eigenvalue weighted by molar-refractivity contribution is 0.0952. The molecule has 102 valence electrons. The van der Waals surface area contributed by atoms with Crippen LogP contribution in [0.25, 0.3) is 0 Å². The largest absolute Gasteiger partial charge is 0.507 e. The number of phenols is 1. The van der Waals surface area contributed by atoms with Crippen LogP contribution in [-0.2, 0) is 0 Å². The van der Waals surface area contributed by atoms with E-state index in [9.17, 15) is 9.90 Å². The van der Waals surface area contributed by atoms with Crippen molar-refractivity contribution in [3.05, 3.63) is 64.7 Å². The molecule has 0 spiro atoms. The van der Waals surface area contributed by atoms with Crippen molar-refractivity contribution >= 4 is 12.1 Å². The molecule has 2 rings (SSSR count). The molecule has 0 heterocycles. The molecule has 20 heavy (non-hydrogen) atoms. The van der Waals surface area contributed by atoms with Gasteiger partial charge in [-0.05, 0) is 37.1 Å². The highest BCUT2D eigenvalue weighted by atomic mass is 16.3. The maximum absolute atomic E-state index is 11.8. The van der Waals surface area contributed by atoms with Gasteiger partial charge in [0.25, 0.3) is 5.91 Å². The van der Waals surface area contributed by atoms with E-state index in [0.29, 0.717) is 0 Å². The lowest BCUT2D eigenvalue weighted by Crippen LogP contribution is -2.17. The third-order valence-electron chi connectivity index (χ3n) is 2.95. The normalized spacial score (nSPS) is 10.7. The Morgan fingerprint density at radius 3 is 2.70 bits per heavy atom. The number of phenolic OH excluding ortho intramolecular Hbond substituents is 1. The summed E-state index contributed by atoms with van der Waals surface area (Å²) < 4.78 is 0. The fourth-order valence-electron chi connectivity index (χ4n) is 1.79. The third-order valence-corrected chi connectivity index (χ3v) is 2.95. The number of hydrazone groups is 1. The van der Waals surface area contributed by atoms with E-state index in [2.05, 4.69) is 10.5 Å². The first-order chi connectivity index (χ1) is 9.58. The molecule has 0 saturated carbocycles. The van der Waals surface area contributed by atoms with E-state index in [4.69, 9.17) is 0 Å². The number of rotatable bonds is 3. The first-order valence-electron chi connectivity index (χ1n) is 6.26. The van der Waals surface area contributed by atoms with Crippen LogP contribution < -0.4 is 5.43 Å². The zero-order valence-electron chi connectivity index (χ0n) is 11.4. The van der Waals surface area contributed by atoms with Gasteiger partial charge in [0.05, 0.1) is 11.8 Å². The quantitative estimate of drug-likeness (QED) is 0.664. The minimum atomic E-state index is -0.440. The van der Waals surface area contributed by atoms with Crippen molar-refractivity contribution in [1.29, 1.82) is 0 Å². The SMILES string of the molecule is Cc1ccc(C)c(/C=N/NC(=O)c2ccccc2O)c1. The van der Waals surface area contributed by atoms with Crippen molar-refractivity contribution in [2.45, 2.75) is 13.8 Å². The molecule has 0 saturated heterocycles. The summed E-state index contributed by atoms with van der Waals surface area (Å²) in [4.78, 5) is 11.8. The molecule has 0 aliphatic carbocycles. The van der Waals surface area contributed by atoms with Gasteiger partial charge in [-0.25, -0.2) is 5.43 Å². The van der Waals surface area contributed by atoms with Gasteiger partial charge in [-0.1, -0.05) is 35.9 Å². The Labute approximate surface area is 117 Å². The van der Waals surface area contributed by atoms with Crippen molar-refractivity contribution in [2.75, 3.05) is 0 Å². The molecule has 0 radical (unpaired) electrons. The van der Waals surface area contributed by atoms with Crippen LogP contribution in [0.1, 0.15) is 27.0 Å². The Balaban J connectivity index is 2.09. The Kier molecular flexibility index (Phi) is 4.15. The van der Waals surface area contributed by atoms with E-state index in [1.807, 2.05) is 32.0 Å². The van der Waals surface area contributed by atoms with Crippen molar-refractivity contribution in [1.82, 2.24) is 5.43 Å². The Morgan fingerprint density at radius 2 is 1.95 bits per heavy atom. The molecule has 0 aliphatic heterocycles. The van der Waals surface area contributed by atoms with Crippen LogP contribution in [0.2, 0.25) is 0 Å². The van der Waals surface area contributed by atoms with E-state index >= 15 is 0 Å². The van der Waals surface area contributed by atoms with E-state index in [-0.39, 0.29) is 11.3 Å². The molecule has 0 unspecified atom stereocenters. The summed E-state index contributed by atoms with van der Waals surface area (Å²) in [6, 6.07) is 12.4. The number of benzene rings is 2. The Morgan fingerprint density at radius 1 is 1.20 bits per heavy atom. The van der Waals surface area contributed by atoms with Crippen LogP contribution >= 0.6 is 0 Å². The fraction of sp³-hybridized carbons (Fsp3) is 0.125. The molecule has 0 aliphatic rings. The summed E-state index contributed by atoms with van der Waals surface area (Å²) in [5, 5.41) is 13.5. The molecule has 0 fully saturated rings. The van der Waals surface area contributed by atoms with Crippen LogP contribution in [0.5, 0.6) is 5.75 Å². The molecule has 0 bridgehead atoms. The van der Waals surface area contributed by atoms with Crippen LogP contribution in [0, 0.1) is 13.8 Å². The molecule has 4 nitrogen and oxygen atoms in total. The number of para-hydroxylation sites is 1. The summed E-state index contributed by atoms with van der Waals surface area (Å²) >= 11 is 0. The number of aromatic hydroxyl groups is 1. The summed E-state index contributed by atoms with van der Waals surface area (Å²) in [7, 11) is 0. The fourth-order valence-corrected chi connectivity index (χ4v) is 1.79. The highest BCUT2D eigenvalue weighted by Gasteiger charge is 2.08. The number of hydrogen-bond donors (Lipinski definition) is 2. The van der Waals surface area contributed by atoms with Gasteiger partial charge in [-0.15, -0.1) is 0 Å². The van der Waals surface area contributed by atoms with Crippen LogP contribution in [0.15, 0.2) is 47.6 Å². The van der Waals surface area contributed by atoms with Gasteiger partial charge in [-0.2, -0.15) is 5.10 Å². The number of hydrogen-bond acceptors (Lipinski definition) is 3. The Bertz CT molecular complexity index is 663. The second-order valence-electron chi connectivity index (χ2n) is 4.58. The van der Waals surface area contributed by atoms with Crippen molar-refractivity contribution in [3.63, 3.8) is 0 Å². The van der Waals surface area contributed by atoms with Crippen molar-refractivity contribution in [2.24, 2.45) is 5.10 Å². The van der Waals surface area contributed by atoms with Gasteiger partial charge in [-0.3, -0.25) is 4.79 Å². The number of aryl methyl sites for hydroxylation is 2. The van der Waals surface area contributed by atoms with Gasteiger partial charge in [0.2, 0.25) is 0 Å². The van der Waals surface area contributed by atoms with E-state index < -0.39 is 5.91 Å². The minimum absolute atomic E-state index is 0.0630. The van der Waals surface area contributed by atoms with E-state index in [1.165, 1.54) is 12.1 Å². The minimum Gasteiger partial charge on any atom is -0.507 e. The topological polar surface area (TPSA) is 61.7 Å². The monoisotopic (exact) mass is 268 g/mol. The molecule has 4 heteroatoms. The summed E-state index contributed by atoms with van der Waals surface area (Å²) in [6.07, 6.45) is 1.60. The molecule has 2 N–H and O–H groups in total. The lowest BCUT2D eigenvalue weighted by atomic mass is 10.1. The maximum atomic E-state index is 11.8. The van der Waals surface area contributed by atoms with Crippen molar-refractivity contribution in [3.8, 4) is 5.75 Å². The van der Waals surface area contributed by atoms with E-state index in [0.717, 1.165) is 16.7 Å². The first-order valence-corrected chi connectivity index (χ1v) is 6.26. The Hall–Kier alpha value is -2.62. The molecule has 2 aromatic carbocycles. The van der Waals surface area contributed by atoms with Gasteiger partial charge in [0.1, 0.15) is 5.75 Å². The maximum Gasteiger partial charge on any atom is 0.275 e. The average Bonchev–Trinajstić information content (AvgIpc) is 2.43. The number of amides is 1. The first kappa shape index (κ1) is 13.8. The zero-order chi connectivity index (χ0) is 14.5. The highest BCUT2D eigenvalue weighted by molar-refractivity contribution is 5.97. The molecule has 1 amide bonds. The lowest BCUT2D eigenvalue weighted by Gasteiger charge is -2.03. The average molecular weight is 268 g/mol. The number of carbonyl (C=O) groups is 1. The standard InChI is InChI=1S/C16H16N2O2/c1-11-7-8-12(2)13(9-11)10-17-18-16(20)14-5-3-4-6-15(14)19/h3-10,19H,1-2H3,(H,18,20)/b17-10+. The molecular weight excluding hydrogens is 252 g/mol. The van der Waals surface area contributed by atoms with Gasteiger partial charge < -0.3 is 5.11 Å². The second kappa shape index (κ2) is 6.02. The highest BCUT2D eigenvalue weighted by Crippen LogP contribution is 2.15. The zero-order valence-corrected chi connectivity index (χ0v) is 11.4. The summed E-state index contributed by atoms with van der Waals surface area (Å²) in [6.45, 7) is 3.98. The third kappa shape index (κ3) is 3.23. The predicted octanol–water partition coefficient (Wildman–Crippen LogP) is 2.77. The van der Waals surface area contributed by atoms with Gasteiger partial charge in [0.15, 0.2) is 0 Å². The van der Waals surface area contributed by atoms with Crippen molar-refractivity contribution < 1.29 is 9.90 Å². The van der Waals surface area contributed by atoms with E-state index in [1.54, 1.807) is 18.3 Å². The molecule has 0 aromatic heterocycles. The van der Waals surface area contributed by atoms with Crippen LogP contribution in [0.4, 0.5) is 0 Å². The summed E-state index contributed by atoms with van der Waals surface area (Å²) in [5.41, 5.74) is 5.76. The van der Waals surface area contributed by atoms with Gasteiger partial charge >= 0.3 is 0 Å². The van der Waals surface area contributed by atoms with Gasteiger partial charge in [0, 0.05) is 0 Å². The second-order valence-corrected chi connectivity index (χ2v) is 4.58.